The lowest BCUT2D eigenvalue weighted by Gasteiger charge is -2.33. The van der Waals surface area contributed by atoms with E-state index in [-0.39, 0.29) is 12.3 Å². The summed E-state index contributed by atoms with van der Waals surface area (Å²) in [5.41, 5.74) is 1.77. The summed E-state index contributed by atoms with van der Waals surface area (Å²) in [7, 11) is 0. The average Bonchev–Trinajstić information content (AvgIpc) is 3.24. The van der Waals surface area contributed by atoms with Crippen LogP contribution in [0.25, 0.3) is 0 Å². The van der Waals surface area contributed by atoms with Gasteiger partial charge in [-0.05, 0) is 48.8 Å². The van der Waals surface area contributed by atoms with Crippen molar-refractivity contribution in [3.8, 4) is 11.5 Å². The smallest absolute Gasteiger partial charge is 0.231 e. The average molecular weight is 375 g/mol. The van der Waals surface area contributed by atoms with E-state index in [0.717, 1.165) is 53.5 Å². The van der Waals surface area contributed by atoms with Crippen LogP contribution in [0.5, 0.6) is 11.5 Å². The number of anilines is 1. The van der Waals surface area contributed by atoms with Crippen LogP contribution in [0.4, 0.5) is 5.69 Å². The third-order valence-corrected chi connectivity index (χ3v) is 5.36. The molecule has 4 nitrogen and oxygen atoms in total. The highest BCUT2D eigenvalue weighted by Gasteiger charge is 2.37. The highest BCUT2D eigenvalue weighted by Crippen LogP contribution is 2.42. The summed E-state index contributed by atoms with van der Waals surface area (Å²) in [6.07, 6.45) is 4.34. The Labute approximate surface area is 157 Å². The summed E-state index contributed by atoms with van der Waals surface area (Å²) >= 11 is 12.0. The number of ether oxygens (including phenoxy) is 2. The minimum absolute atomic E-state index is 0.210. The number of halogens is 1. The van der Waals surface area contributed by atoms with Crippen molar-refractivity contribution in [1.82, 2.24) is 5.32 Å². The van der Waals surface area contributed by atoms with Gasteiger partial charge in [0.25, 0.3) is 0 Å². The monoisotopic (exact) mass is 374 g/mol. The molecule has 0 aromatic heterocycles. The number of benzene rings is 2. The summed E-state index contributed by atoms with van der Waals surface area (Å²) in [4.78, 5) is 0. The lowest BCUT2D eigenvalue weighted by molar-refractivity contribution is 0.174. The van der Waals surface area contributed by atoms with Gasteiger partial charge in [-0.2, -0.15) is 0 Å². The van der Waals surface area contributed by atoms with Crippen molar-refractivity contribution in [2.75, 3.05) is 12.1 Å². The predicted octanol–water partition coefficient (Wildman–Crippen LogP) is 4.82. The van der Waals surface area contributed by atoms with Crippen LogP contribution in [0.3, 0.4) is 0 Å². The van der Waals surface area contributed by atoms with Gasteiger partial charge in [-0.1, -0.05) is 42.6 Å². The molecular formula is C19H19ClN2O2S. The second-order valence-electron chi connectivity index (χ2n) is 6.42. The molecule has 1 heterocycles. The Bertz CT molecular complexity index is 806. The van der Waals surface area contributed by atoms with E-state index < -0.39 is 0 Å². The summed E-state index contributed by atoms with van der Waals surface area (Å²) in [5.74, 6) is 1.49. The predicted molar refractivity (Wildman–Crippen MR) is 104 cm³/mol. The Balaban J connectivity index is 1.53. The summed E-state index contributed by atoms with van der Waals surface area (Å²) in [6.45, 7) is 0.261. The number of rotatable bonds is 3. The van der Waals surface area contributed by atoms with Gasteiger partial charge in [0, 0.05) is 16.8 Å². The Hall–Kier alpha value is -1.98. The molecule has 2 aromatic rings. The zero-order valence-electron chi connectivity index (χ0n) is 13.7. The molecule has 1 fully saturated rings. The maximum atomic E-state index is 6.47. The maximum absolute atomic E-state index is 6.47. The van der Waals surface area contributed by atoms with Gasteiger partial charge in [0.1, 0.15) is 0 Å². The van der Waals surface area contributed by atoms with Crippen LogP contribution in [0.2, 0.25) is 5.02 Å². The normalized spacial score (nSPS) is 17.3. The van der Waals surface area contributed by atoms with E-state index >= 15 is 0 Å². The van der Waals surface area contributed by atoms with Crippen LogP contribution >= 0.6 is 23.8 Å². The zero-order chi connectivity index (χ0) is 17.3. The summed E-state index contributed by atoms with van der Waals surface area (Å²) in [6, 6.07) is 13.7. The van der Waals surface area contributed by atoms with E-state index in [1.165, 1.54) is 0 Å². The van der Waals surface area contributed by atoms with Gasteiger partial charge in [0.15, 0.2) is 16.6 Å². The molecule has 25 heavy (non-hydrogen) atoms. The van der Waals surface area contributed by atoms with Crippen LogP contribution in [-0.4, -0.2) is 11.9 Å². The first-order valence-corrected chi connectivity index (χ1v) is 9.19. The Morgan fingerprint density at radius 3 is 2.60 bits per heavy atom. The second kappa shape index (κ2) is 6.73. The van der Waals surface area contributed by atoms with Gasteiger partial charge in [-0.15, -0.1) is 0 Å². The molecule has 0 radical (unpaired) electrons. The van der Waals surface area contributed by atoms with Crippen molar-refractivity contribution >= 4 is 34.6 Å². The van der Waals surface area contributed by atoms with Crippen LogP contribution in [-0.2, 0) is 5.54 Å². The van der Waals surface area contributed by atoms with E-state index in [9.17, 15) is 0 Å². The SMILES string of the molecule is S=C(Nc1ccc2c(c1)OCO2)NC1(c2ccccc2Cl)CCCC1. The van der Waals surface area contributed by atoms with Crippen LogP contribution in [0, 0.1) is 0 Å². The molecule has 2 N–H and O–H groups in total. The number of nitrogens with one attached hydrogen (secondary N) is 2. The highest BCUT2D eigenvalue weighted by molar-refractivity contribution is 7.80. The third-order valence-electron chi connectivity index (χ3n) is 4.83. The van der Waals surface area contributed by atoms with Crippen LogP contribution in [0.1, 0.15) is 31.2 Å². The Morgan fingerprint density at radius 1 is 1.04 bits per heavy atom. The highest BCUT2D eigenvalue weighted by atomic mass is 35.5. The lowest BCUT2D eigenvalue weighted by atomic mass is 9.88. The van der Waals surface area contributed by atoms with Crippen molar-refractivity contribution in [2.45, 2.75) is 31.2 Å². The lowest BCUT2D eigenvalue weighted by Crippen LogP contribution is -2.45. The van der Waals surface area contributed by atoms with E-state index in [1.807, 2.05) is 36.4 Å². The van der Waals surface area contributed by atoms with E-state index in [2.05, 4.69) is 16.7 Å². The number of hydrogen-bond acceptors (Lipinski definition) is 3. The topological polar surface area (TPSA) is 42.5 Å². The van der Waals surface area contributed by atoms with Gasteiger partial charge in [0.2, 0.25) is 6.79 Å². The molecule has 0 amide bonds. The van der Waals surface area contributed by atoms with Crippen molar-refractivity contribution < 1.29 is 9.47 Å². The Morgan fingerprint density at radius 2 is 1.80 bits per heavy atom. The molecule has 2 aliphatic rings. The van der Waals surface area contributed by atoms with Gasteiger partial charge in [0.05, 0.1) is 5.54 Å². The Kier molecular flexibility index (Phi) is 4.44. The fourth-order valence-electron chi connectivity index (χ4n) is 3.64. The van der Waals surface area contributed by atoms with Gasteiger partial charge in [-0.3, -0.25) is 0 Å². The standard InChI is InChI=1S/C19H19ClN2O2S/c20-15-6-2-1-5-14(15)19(9-3-4-10-19)22-18(25)21-13-7-8-16-17(11-13)24-12-23-16/h1-2,5-8,11H,3-4,9-10,12H2,(H2,21,22,25). The minimum Gasteiger partial charge on any atom is -0.454 e. The molecule has 2 aromatic carbocycles. The van der Waals surface area contributed by atoms with Crippen LogP contribution < -0.4 is 20.1 Å². The number of thiocarbonyl (C=S) groups is 1. The molecule has 6 heteroatoms. The molecule has 0 unspecified atom stereocenters. The first-order chi connectivity index (χ1) is 12.2. The molecule has 0 atom stereocenters. The molecule has 0 saturated heterocycles. The van der Waals surface area contributed by atoms with Gasteiger partial charge >= 0.3 is 0 Å². The maximum Gasteiger partial charge on any atom is 0.231 e. The number of fused-ring (bicyclic) bond motifs is 1. The molecule has 1 saturated carbocycles. The fraction of sp³-hybridized carbons (Fsp3) is 0.316. The first kappa shape index (κ1) is 16.5. The molecule has 0 bridgehead atoms. The van der Waals surface area contributed by atoms with E-state index in [4.69, 9.17) is 33.3 Å². The first-order valence-electron chi connectivity index (χ1n) is 8.40. The summed E-state index contributed by atoms with van der Waals surface area (Å²) < 4.78 is 10.8. The molecular weight excluding hydrogens is 356 g/mol. The zero-order valence-corrected chi connectivity index (χ0v) is 15.3. The summed E-state index contributed by atoms with van der Waals surface area (Å²) in [5, 5.41) is 8.15. The van der Waals surface area contributed by atoms with Crippen molar-refractivity contribution in [3.05, 3.63) is 53.1 Å². The molecule has 0 spiro atoms. The molecule has 1 aliphatic carbocycles. The molecule has 1 aliphatic heterocycles. The van der Waals surface area contributed by atoms with E-state index in [0.29, 0.717) is 5.11 Å². The third kappa shape index (κ3) is 3.26. The minimum atomic E-state index is -0.210. The van der Waals surface area contributed by atoms with Crippen molar-refractivity contribution in [3.63, 3.8) is 0 Å². The molecule has 4 rings (SSSR count). The quantitative estimate of drug-likeness (QED) is 0.753. The van der Waals surface area contributed by atoms with Crippen molar-refractivity contribution in [1.29, 1.82) is 0 Å². The van der Waals surface area contributed by atoms with Crippen LogP contribution in [0.15, 0.2) is 42.5 Å². The molecule has 130 valence electrons. The van der Waals surface area contributed by atoms with Crippen molar-refractivity contribution in [2.24, 2.45) is 0 Å². The van der Waals surface area contributed by atoms with E-state index in [1.54, 1.807) is 0 Å². The largest absolute Gasteiger partial charge is 0.454 e. The fourth-order valence-corrected chi connectivity index (χ4v) is 4.27. The number of hydrogen-bond donors (Lipinski definition) is 2. The van der Waals surface area contributed by atoms with Gasteiger partial charge in [-0.25, -0.2) is 0 Å². The van der Waals surface area contributed by atoms with Gasteiger partial charge < -0.3 is 20.1 Å². The second-order valence-corrected chi connectivity index (χ2v) is 7.23.